The van der Waals surface area contributed by atoms with Crippen molar-refractivity contribution in [3.63, 3.8) is 0 Å². The lowest BCUT2D eigenvalue weighted by molar-refractivity contribution is 0.629. The van der Waals surface area contributed by atoms with E-state index in [0.29, 0.717) is 0 Å². The third-order valence-electron chi connectivity index (χ3n) is 2.94. The van der Waals surface area contributed by atoms with Gasteiger partial charge in [-0.05, 0) is 29.7 Å². The van der Waals surface area contributed by atoms with Crippen molar-refractivity contribution in [2.75, 3.05) is 6.54 Å². The Morgan fingerprint density at radius 2 is 1.74 bits per heavy atom. The van der Waals surface area contributed by atoms with Crippen LogP contribution in [0.5, 0.6) is 0 Å². The first-order valence-corrected chi connectivity index (χ1v) is 6.60. The molecule has 96 valence electrons. The zero-order valence-electron chi connectivity index (χ0n) is 10.5. The topological polar surface area (TPSA) is 35.8 Å². The third kappa shape index (κ3) is 4.10. The molecule has 0 heterocycles. The molecule has 1 N–H and O–H groups in total. The maximum absolute atomic E-state index is 9.18. The molecule has 1 atom stereocenters. The van der Waals surface area contributed by atoms with Crippen LogP contribution >= 0.6 is 11.6 Å². The largest absolute Gasteiger partial charge is 0.298 e. The molecule has 0 saturated heterocycles. The number of nitrogens with zero attached hydrogens (tertiary/aromatic N) is 1. The Bertz CT molecular complexity index is 543. The Balaban J connectivity index is 1.88. The summed E-state index contributed by atoms with van der Waals surface area (Å²) >= 11 is 5.84. The first-order chi connectivity index (χ1) is 9.29. The van der Waals surface area contributed by atoms with E-state index in [4.69, 9.17) is 11.6 Å². The Hall–Kier alpha value is -1.82. The van der Waals surface area contributed by atoms with E-state index in [1.54, 1.807) is 0 Å². The van der Waals surface area contributed by atoms with Gasteiger partial charge in [-0.1, -0.05) is 54.1 Å². The number of halogens is 1. The molecule has 2 rings (SSSR count). The van der Waals surface area contributed by atoms with Crippen LogP contribution in [0.3, 0.4) is 0 Å². The SMILES string of the molecule is N#CC(NCCc1ccc(Cl)cc1)c1ccccc1. The van der Waals surface area contributed by atoms with Crippen LogP contribution in [0.4, 0.5) is 0 Å². The van der Waals surface area contributed by atoms with Crippen LogP contribution in [0, 0.1) is 11.3 Å². The molecule has 0 aliphatic heterocycles. The average Bonchev–Trinajstić information content (AvgIpc) is 2.46. The van der Waals surface area contributed by atoms with Gasteiger partial charge in [0.05, 0.1) is 6.07 Å². The standard InChI is InChI=1S/C16H15ClN2/c17-15-8-6-13(7-9-15)10-11-19-16(12-18)14-4-2-1-3-5-14/h1-9,16,19H,10-11H2. The molecule has 19 heavy (non-hydrogen) atoms. The van der Waals surface area contributed by atoms with E-state index in [1.807, 2.05) is 54.6 Å². The molecular formula is C16H15ClN2. The molecule has 0 amide bonds. The minimum Gasteiger partial charge on any atom is -0.298 e. The summed E-state index contributed by atoms with van der Waals surface area (Å²) in [7, 11) is 0. The lowest BCUT2D eigenvalue weighted by Gasteiger charge is -2.11. The van der Waals surface area contributed by atoms with E-state index < -0.39 is 0 Å². The number of nitrogens with one attached hydrogen (secondary N) is 1. The molecule has 0 spiro atoms. The zero-order chi connectivity index (χ0) is 13.5. The fraction of sp³-hybridized carbons (Fsp3) is 0.188. The molecule has 3 heteroatoms. The monoisotopic (exact) mass is 270 g/mol. The smallest absolute Gasteiger partial charge is 0.121 e. The Morgan fingerprint density at radius 3 is 2.37 bits per heavy atom. The summed E-state index contributed by atoms with van der Waals surface area (Å²) in [5.41, 5.74) is 2.21. The summed E-state index contributed by atoms with van der Waals surface area (Å²) in [6.07, 6.45) is 0.877. The number of hydrogen-bond acceptors (Lipinski definition) is 2. The molecule has 0 fully saturated rings. The van der Waals surface area contributed by atoms with E-state index >= 15 is 0 Å². The van der Waals surface area contributed by atoms with Crippen LogP contribution in [0.15, 0.2) is 54.6 Å². The van der Waals surface area contributed by atoms with E-state index in [1.165, 1.54) is 5.56 Å². The second kappa shape index (κ2) is 6.94. The van der Waals surface area contributed by atoms with Gasteiger partial charge in [0.1, 0.15) is 6.04 Å². The van der Waals surface area contributed by atoms with Crippen LogP contribution < -0.4 is 5.32 Å². The predicted octanol–water partition coefficient (Wildman–Crippen LogP) is 3.74. The van der Waals surface area contributed by atoms with Crippen molar-refractivity contribution in [2.24, 2.45) is 0 Å². The van der Waals surface area contributed by atoms with Crippen molar-refractivity contribution in [2.45, 2.75) is 12.5 Å². The Kier molecular flexibility index (Phi) is 4.97. The first kappa shape index (κ1) is 13.6. The Labute approximate surface area is 118 Å². The highest BCUT2D eigenvalue weighted by Crippen LogP contribution is 2.12. The minimum absolute atomic E-state index is 0.256. The third-order valence-corrected chi connectivity index (χ3v) is 3.19. The highest BCUT2D eigenvalue weighted by Gasteiger charge is 2.08. The number of hydrogen-bond donors (Lipinski definition) is 1. The molecule has 0 aromatic heterocycles. The quantitative estimate of drug-likeness (QED) is 0.898. The molecule has 0 saturated carbocycles. The average molecular weight is 271 g/mol. The summed E-state index contributed by atoms with van der Waals surface area (Å²) in [5.74, 6) is 0. The van der Waals surface area contributed by atoms with E-state index in [-0.39, 0.29) is 6.04 Å². The molecule has 2 aromatic rings. The van der Waals surface area contributed by atoms with Crippen LogP contribution in [0.25, 0.3) is 0 Å². The van der Waals surface area contributed by atoms with Gasteiger partial charge in [-0.3, -0.25) is 5.32 Å². The van der Waals surface area contributed by atoms with Crippen molar-refractivity contribution < 1.29 is 0 Å². The van der Waals surface area contributed by atoms with E-state index in [9.17, 15) is 5.26 Å². The van der Waals surface area contributed by atoms with Crippen LogP contribution in [-0.2, 0) is 6.42 Å². The molecule has 2 nitrogen and oxygen atoms in total. The van der Waals surface area contributed by atoms with Gasteiger partial charge in [0, 0.05) is 11.6 Å². The Morgan fingerprint density at radius 1 is 1.05 bits per heavy atom. The highest BCUT2D eigenvalue weighted by molar-refractivity contribution is 6.30. The molecule has 0 bridgehead atoms. The molecule has 0 radical (unpaired) electrons. The van der Waals surface area contributed by atoms with Crippen LogP contribution in [-0.4, -0.2) is 6.54 Å². The zero-order valence-corrected chi connectivity index (χ0v) is 11.3. The predicted molar refractivity (Wildman–Crippen MR) is 78.0 cm³/mol. The van der Waals surface area contributed by atoms with Gasteiger partial charge in [0.2, 0.25) is 0 Å². The highest BCUT2D eigenvalue weighted by atomic mass is 35.5. The van der Waals surface area contributed by atoms with Gasteiger partial charge in [0.15, 0.2) is 0 Å². The molecule has 1 unspecified atom stereocenters. The van der Waals surface area contributed by atoms with E-state index in [2.05, 4.69) is 11.4 Å². The summed E-state index contributed by atoms with van der Waals surface area (Å²) in [4.78, 5) is 0. The maximum atomic E-state index is 9.18. The van der Waals surface area contributed by atoms with Crippen LogP contribution in [0.1, 0.15) is 17.2 Å². The second-order valence-electron chi connectivity index (χ2n) is 4.30. The van der Waals surface area contributed by atoms with Crippen molar-refractivity contribution in [3.8, 4) is 6.07 Å². The fourth-order valence-electron chi connectivity index (χ4n) is 1.90. The lowest BCUT2D eigenvalue weighted by Crippen LogP contribution is -2.22. The molecule has 2 aromatic carbocycles. The fourth-order valence-corrected chi connectivity index (χ4v) is 2.02. The van der Waals surface area contributed by atoms with Gasteiger partial charge in [-0.15, -0.1) is 0 Å². The minimum atomic E-state index is -0.256. The first-order valence-electron chi connectivity index (χ1n) is 6.22. The van der Waals surface area contributed by atoms with Crippen LogP contribution in [0.2, 0.25) is 5.02 Å². The normalized spacial score (nSPS) is 11.8. The van der Waals surface area contributed by atoms with Gasteiger partial charge in [0.25, 0.3) is 0 Å². The van der Waals surface area contributed by atoms with Crippen molar-refractivity contribution in [3.05, 3.63) is 70.7 Å². The number of nitriles is 1. The second-order valence-corrected chi connectivity index (χ2v) is 4.74. The van der Waals surface area contributed by atoms with Crippen molar-refractivity contribution in [1.29, 1.82) is 5.26 Å². The summed E-state index contributed by atoms with van der Waals surface area (Å²) in [5, 5.41) is 13.2. The molecule has 0 aliphatic carbocycles. The summed E-state index contributed by atoms with van der Waals surface area (Å²) < 4.78 is 0. The van der Waals surface area contributed by atoms with Crippen molar-refractivity contribution >= 4 is 11.6 Å². The number of rotatable bonds is 5. The van der Waals surface area contributed by atoms with Crippen molar-refractivity contribution in [1.82, 2.24) is 5.32 Å². The van der Waals surface area contributed by atoms with Gasteiger partial charge >= 0.3 is 0 Å². The molecular weight excluding hydrogens is 256 g/mol. The van der Waals surface area contributed by atoms with Gasteiger partial charge in [-0.25, -0.2) is 0 Å². The number of benzene rings is 2. The lowest BCUT2D eigenvalue weighted by atomic mass is 10.1. The summed E-state index contributed by atoms with van der Waals surface area (Å²) in [6.45, 7) is 0.759. The maximum Gasteiger partial charge on any atom is 0.121 e. The molecule has 0 aliphatic rings. The van der Waals surface area contributed by atoms with Gasteiger partial charge < -0.3 is 0 Å². The van der Waals surface area contributed by atoms with Gasteiger partial charge in [-0.2, -0.15) is 5.26 Å². The van der Waals surface area contributed by atoms with E-state index in [0.717, 1.165) is 23.6 Å². The summed E-state index contributed by atoms with van der Waals surface area (Å²) in [6, 6.07) is 19.6.